The van der Waals surface area contributed by atoms with Crippen LogP contribution in [0.15, 0.2) is 59.5 Å². The maximum absolute atomic E-state index is 11.8. The van der Waals surface area contributed by atoms with Crippen molar-refractivity contribution in [2.24, 2.45) is 0 Å². The van der Waals surface area contributed by atoms with E-state index in [1.54, 1.807) is 23.9 Å². The lowest BCUT2D eigenvalue weighted by atomic mass is 10.2. The average molecular weight is 316 g/mol. The van der Waals surface area contributed by atoms with Gasteiger partial charge in [0.2, 0.25) is 0 Å². The summed E-state index contributed by atoms with van der Waals surface area (Å²) in [5, 5.41) is 0. The van der Waals surface area contributed by atoms with E-state index in [-0.39, 0.29) is 0 Å². The van der Waals surface area contributed by atoms with Crippen LogP contribution in [0, 0.1) is 0 Å². The number of thioether (sulfide) groups is 1. The van der Waals surface area contributed by atoms with Gasteiger partial charge >= 0.3 is 5.97 Å². The third kappa shape index (κ3) is 5.54. The number of carbonyl (C=O) groups is 1. The van der Waals surface area contributed by atoms with E-state index >= 15 is 0 Å². The summed E-state index contributed by atoms with van der Waals surface area (Å²) in [6.45, 7) is 5.47. The highest BCUT2D eigenvalue weighted by atomic mass is 32.2. The molecule has 22 heavy (non-hydrogen) atoms. The second kappa shape index (κ2) is 7.47. The van der Waals surface area contributed by atoms with E-state index in [4.69, 9.17) is 9.78 Å². The molecule has 0 amide bonds. The molecule has 4 heteroatoms. The molecule has 2 rings (SSSR count). The van der Waals surface area contributed by atoms with E-state index in [1.807, 2.05) is 51.1 Å². The number of carbonyl (C=O) groups excluding carboxylic acids is 1. The number of hydrogen-bond acceptors (Lipinski definition) is 4. The van der Waals surface area contributed by atoms with Gasteiger partial charge in [-0.1, -0.05) is 30.3 Å². The quantitative estimate of drug-likeness (QED) is 0.448. The molecule has 0 unspecified atom stereocenters. The molecule has 0 fully saturated rings. The minimum Gasteiger partial charge on any atom is -0.292 e. The molecular formula is C18H20O3S. The largest absolute Gasteiger partial charge is 0.373 e. The molecule has 0 heterocycles. The minimum absolute atomic E-state index is 0.477. The maximum Gasteiger partial charge on any atom is 0.373 e. The lowest BCUT2D eigenvalue weighted by Crippen LogP contribution is -2.21. The fraction of sp³-hybridized carbons (Fsp3) is 0.278. The Balaban J connectivity index is 1.88. The van der Waals surface area contributed by atoms with Crippen molar-refractivity contribution >= 4 is 17.7 Å². The molecule has 0 saturated carbocycles. The van der Waals surface area contributed by atoms with E-state index in [2.05, 4.69) is 12.1 Å². The molecular weight excluding hydrogens is 296 g/mol. The van der Waals surface area contributed by atoms with Crippen molar-refractivity contribution < 1.29 is 14.6 Å². The molecule has 0 aliphatic rings. The number of benzene rings is 2. The van der Waals surface area contributed by atoms with Gasteiger partial charge in [-0.25, -0.2) is 4.79 Å². The van der Waals surface area contributed by atoms with Crippen LogP contribution >= 0.6 is 11.8 Å². The first-order chi connectivity index (χ1) is 10.4. The Morgan fingerprint density at radius 1 is 1.00 bits per heavy atom. The molecule has 0 bridgehead atoms. The second-order valence-corrected chi connectivity index (χ2v) is 6.91. The molecule has 0 atom stereocenters. The standard InChI is InChI=1S/C18H20O3S/c1-18(2,3)21-20-17(19)15-9-11-16(12-10-15)22-13-14-7-5-4-6-8-14/h4-12H,13H2,1-3H3. The second-order valence-electron chi connectivity index (χ2n) is 5.87. The summed E-state index contributed by atoms with van der Waals surface area (Å²) in [6.07, 6.45) is 0. The lowest BCUT2D eigenvalue weighted by molar-refractivity contribution is -0.301. The molecule has 0 saturated heterocycles. The van der Waals surface area contributed by atoms with E-state index in [9.17, 15) is 4.79 Å². The van der Waals surface area contributed by atoms with Crippen molar-refractivity contribution in [2.75, 3.05) is 0 Å². The van der Waals surface area contributed by atoms with Gasteiger partial charge in [0, 0.05) is 10.6 Å². The third-order valence-electron chi connectivity index (χ3n) is 2.71. The Labute approximate surface area is 135 Å². The summed E-state index contributed by atoms with van der Waals surface area (Å²) in [5.41, 5.74) is 1.24. The Hall–Kier alpha value is -1.78. The molecule has 0 aromatic heterocycles. The predicted octanol–water partition coefficient (Wildman–Crippen LogP) is 4.87. The molecule has 0 radical (unpaired) electrons. The summed E-state index contributed by atoms with van der Waals surface area (Å²) in [6, 6.07) is 17.6. The molecule has 0 N–H and O–H groups in total. The molecule has 2 aromatic carbocycles. The van der Waals surface area contributed by atoms with Crippen LogP contribution < -0.4 is 0 Å². The number of rotatable bonds is 5. The zero-order chi connectivity index (χ0) is 16.0. The van der Waals surface area contributed by atoms with E-state index in [0.29, 0.717) is 5.56 Å². The first kappa shape index (κ1) is 16.6. The normalized spacial score (nSPS) is 11.2. The Morgan fingerprint density at radius 2 is 1.64 bits per heavy atom. The Bertz CT molecular complexity index is 600. The summed E-state index contributed by atoms with van der Waals surface area (Å²) < 4.78 is 0. The zero-order valence-electron chi connectivity index (χ0n) is 13.0. The van der Waals surface area contributed by atoms with Gasteiger partial charge in [-0.15, -0.1) is 11.8 Å². The molecule has 0 spiro atoms. The molecule has 0 aliphatic carbocycles. The van der Waals surface area contributed by atoms with E-state index < -0.39 is 11.6 Å². The molecule has 0 aliphatic heterocycles. The molecule has 2 aromatic rings. The van der Waals surface area contributed by atoms with Gasteiger partial charge in [0.05, 0.1) is 5.56 Å². The summed E-state index contributed by atoms with van der Waals surface area (Å²) in [5.74, 6) is 0.423. The summed E-state index contributed by atoms with van der Waals surface area (Å²) >= 11 is 1.73. The first-order valence-corrected chi connectivity index (χ1v) is 8.09. The smallest absolute Gasteiger partial charge is 0.292 e. The van der Waals surface area contributed by atoms with Crippen LogP contribution in [0.4, 0.5) is 0 Å². The predicted molar refractivity (Wildman–Crippen MR) is 88.7 cm³/mol. The van der Waals surface area contributed by atoms with Gasteiger partial charge in [-0.3, -0.25) is 4.89 Å². The molecule has 3 nitrogen and oxygen atoms in total. The van der Waals surface area contributed by atoms with Gasteiger partial charge in [0.25, 0.3) is 0 Å². The highest BCUT2D eigenvalue weighted by molar-refractivity contribution is 7.98. The average Bonchev–Trinajstić information content (AvgIpc) is 2.51. The fourth-order valence-corrected chi connectivity index (χ4v) is 2.49. The number of hydrogen-bond donors (Lipinski definition) is 0. The van der Waals surface area contributed by atoms with Gasteiger partial charge in [-0.2, -0.15) is 4.89 Å². The lowest BCUT2D eigenvalue weighted by Gasteiger charge is -2.16. The van der Waals surface area contributed by atoms with Crippen molar-refractivity contribution in [1.29, 1.82) is 0 Å². The van der Waals surface area contributed by atoms with Gasteiger partial charge in [0.1, 0.15) is 5.60 Å². The molecule has 116 valence electrons. The zero-order valence-corrected chi connectivity index (χ0v) is 13.9. The maximum atomic E-state index is 11.8. The summed E-state index contributed by atoms with van der Waals surface area (Å²) in [4.78, 5) is 22.8. The van der Waals surface area contributed by atoms with E-state index in [0.717, 1.165) is 10.6 Å². The first-order valence-electron chi connectivity index (χ1n) is 7.11. The fourth-order valence-electron chi connectivity index (χ4n) is 1.64. The topological polar surface area (TPSA) is 35.5 Å². The summed E-state index contributed by atoms with van der Waals surface area (Å²) in [7, 11) is 0. The van der Waals surface area contributed by atoms with Gasteiger partial charge in [-0.05, 0) is 50.6 Å². The van der Waals surface area contributed by atoms with Crippen LogP contribution in [-0.4, -0.2) is 11.6 Å². The van der Waals surface area contributed by atoms with Crippen molar-refractivity contribution in [2.45, 2.75) is 37.0 Å². The van der Waals surface area contributed by atoms with Crippen LogP contribution in [-0.2, 0) is 15.5 Å². The van der Waals surface area contributed by atoms with Crippen LogP contribution in [0.1, 0.15) is 36.7 Å². The SMILES string of the molecule is CC(C)(C)OOC(=O)c1ccc(SCc2ccccc2)cc1. The van der Waals surface area contributed by atoms with Crippen molar-refractivity contribution in [3.05, 3.63) is 65.7 Å². The van der Waals surface area contributed by atoms with E-state index in [1.165, 1.54) is 5.56 Å². The monoisotopic (exact) mass is 316 g/mol. The van der Waals surface area contributed by atoms with Crippen LogP contribution in [0.5, 0.6) is 0 Å². The Kier molecular flexibility index (Phi) is 5.63. The third-order valence-corrected chi connectivity index (χ3v) is 3.79. The highest BCUT2D eigenvalue weighted by Gasteiger charge is 2.16. The van der Waals surface area contributed by atoms with Crippen LogP contribution in [0.3, 0.4) is 0 Å². The van der Waals surface area contributed by atoms with Crippen LogP contribution in [0.2, 0.25) is 0 Å². The Morgan fingerprint density at radius 3 is 2.23 bits per heavy atom. The van der Waals surface area contributed by atoms with Crippen molar-refractivity contribution in [3.63, 3.8) is 0 Å². The van der Waals surface area contributed by atoms with Crippen LogP contribution in [0.25, 0.3) is 0 Å². The van der Waals surface area contributed by atoms with Gasteiger partial charge in [0.15, 0.2) is 0 Å². The van der Waals surface area contributed by atoms with Crippen molar-refractivity contribution in [1.82, 2.24) is 0 Å². The highest BCUT2D eigenvalue weighted by Crippen LogP contribution is 2.23. The van der Waals surface area contributed by atoms with Crippen molar-refractivity contribution in [3.8, 4) is 0 Å². The minimum atomic E-state index is -0.513. The van der Waals surface area contributed by atoms with Gasteiger partial charge < -0.3 is 0 Å².